The fourth-order valence-corrected chi connectivity index (χ4v) is 3.14. The van der Waals surface area contributed by atoms with Crippen LogP contribution in [0.2, 0.25) is 0 Å². The van der Waals surface area contributed by atoms with E-state index < -0.39 is 0 Å². The molecule has 2 nitrogen and oxygen atoms in total. The summed E-state index contributed by atoms with van der Waals surface area (Å²) in [7, 11) is 0. The molecule has 0 radical (unpaired) electrons. The molecule has 0 unspecified atom stereocenters. The summed E-state index contributed by atoms with van der Waals surface area (Å²) in [6, 6.07) is 24.2. The number of carbonyl (C=O) groups is 1. The Bertz CT molecular complexity index is 933. The fourth-order valence-electron chi connectivity index (χ4n) is 3.14. The molecule has 148 valence electrons. The van der Waals surface area contributed by atoms with Crippen molar-refractivity contribution in [2.45, 2.75) is 33.1 Å². The Hall–Kier alpha value is -3.13. The van der Waals surface area contributed by atoms with Crippen LogP contribution in [0.4, 0.5) is 0 Å². The number of aryl methyl sites for hydroxylation is 1. The van der Waals surface area contributed by atoms with Crippen LogP contribution in [0.1, 0.15) is 48.2 Å². The van der Waals surface area contributed by atoms with Crippen molar-refractivity contribution in [1.82, 2.24) is 0 Å². The summed E-state index contributed by atoms with van der Waals surface area (Å²) in [4.78, 5) is 12.5. The van der Waals surface area contributed by atoms with E-state index in [4.69, 9.17) is 4.74 Å². The number of allylic oxidation sites excluding steroid dienone is 1. The van der Waals surface area contributed by atoms with Crippen LogP contribution >= 0.6 is 0 Å². The first-order valence-corrected chi connectivity index (χ1v) is 10.3. The molecule has 3 aromatic rings. The van der Waals surface area contributed by atoms with E-state index in [1.54, 1.807) is 6.08 Å². The Morgan fingerprint density at radius 2 is 1.41 bits per heavy atom. The first kappa shape index (κ1) is 20.6. The second-order valence-corrected chi connectivity index (χ2v) is 7.14. The Labute approximate surface area is 173 Å². The van der Waals surface area contributed by atoms with E-state index >= 15 is 0 Å². The quantitative estimate of drug-likeness (QED) is 0.293. The van der Waals surface area contributed by atoms with Crippen molar-refractivity contribution in [2.75, 3.05) is 6.61 Å². The number of ketones is 1. The zero-order chi connectivity index (χ0) is 20.5. The molecule has 0 saturated heterocycles. The van der Waals surface area contributed by atoms with Crippen molar-refractivity contribution in [3.63, 3.8) is 0 Å². The van der Waals surface area contributed by atoms with Gasteiger partial charge in [-0.25, -0.2) is 0 Å². The number of hydrogen-bond acceptors (Lipinski definition) is 2. The van der Waals surface area contributed by atoms with Crippen molar-refractivity contribution in [2.24, 2.45) is 0 Å². The predicted octanol–water partition coefficient (Wildman–Crippen LogP) is 6.99. The SMILES string of the molecule is CCCOc1ccc(C=CC(=O)c2ccc(-c3ccc(CCC)cc3)cc2)cc1. The van der Waals surface area contributed by atoms with Gasteiger partial charge in [0.2, 0.25) is 0 Å². The molecule has 0 aliphatic heterocycles. The average molecular weight is 385 g/mol. The minimum absolute atomic E-state index is 0.00107. The first-order chi connectivity index (χ1) is 14.2. The third-order valence-electron chi connectivity index (χ3n) is 4.78. The van der Waals surface area contributed by atoms with Crippen LogP contribution in [-0.2, 0) is 6.42 Å². The Morgan fingerprint density at radius 3 is 2.00 bits per heavy atom. The summed E-state index contributed by atoms with van der Waals surface area (Å²) in [5.41, 5.74) is 5.32. The molecule has 0 aliphatic rings. The molecule has 0 spiro atoms. The van der Waals surface area contributed by atoms with E-state index in [1.807, 2.05) is 54.6 Å². The van der Waals surface area contributed by atoms with Crippen LogP contribution in [0.25, 0.3) is 17.2 Å². The van der Waals surface area contributed by atoms with Gasteiger partial charge in [0.25, 0.3) is 0 Å². The number of hydrogen-bond donors (Lipinski definition) is 0. The molecule has 0 amide bonds. The van der Waals surface area contributed by atoms with Crippen LogP contribution in [-0.4, -0.2) is 12.4 Å². The van der Waals surface area contributed by atoms with Gasteiger partial charge in [0.15, 0.2) is 5.78 Å². The van der Waals surface area contributed by atoms with Crippen LogP contribution < -0.4 is 4.74 Å². The maximum absolute atomic E-state index is 12.5. The molecule has 2 heteroatoms. The molecule has 3 rings (SSSR count). The summed E-state index contributed by atoms with van der Waals surface area (Å²) in [5, 5.41) is 0. The van der Waals surface area contributed by atoms with E-state index in [-0.39, 0.29) is 5.78 Å². The average Bonchev–Trinajstić information content (AvgIpc) is 2.77. The van der Waals surface area contributed by atoms with E-state index in [0.29, 0.717) is 12.2 Å². The number of ether oxygens (including phenoxy) is 1. The lowest BCUT2D eigenvalue weighted by atomic mass is 10.00. The molecule has 0 saturated carbocycles. The smallest absolute Gasteiger partial charge is 0.185 e. The van der Waals surface area contributed by atoms with Gasteiger partial charge in [0, 0.05) is 5.56 Å². The van der Waals surface area contributed by atoms with Crippen molar-refractivity contribution in [3.8, 4) is 16.9 Å². The summed E-state index contributed by atoms with van der Waals surface area (Å²) in [6.45, 7) is 4.99. The van der Waals surface area contributed by atoms with Gasteiger partial charge in [-0.3, -0.25) is 4.79 Å². The van der Waals surface area contributed by atoms with Gasteiger partial charge < -0.3 is 4.74 Å². The topological polar surface area (TPSA) is 26.3 Å². The van der Waals surface area contributed by atoms with Gasteiger partial charge in [-0.15, -0.1) is 0 Å². The summed E-state index contributed by atoms with van der Waals surface area (Å²) < 4.78 is 5.58. The minimum Gasteiger partial charge on any atom is -0.494 e. The molecule has 0 fully saturated rings. The summed E-state index contributed by atoms with van der Waals surface area (Å²) in [6.07, 6.45) is 6.71. The van der Waals surface area contributed by atoms with Crippen molar-refractivity contribution in [3.05, 3.63) is 95.6 Å². The van der Waals surface area contributed by atoms with E-state index in [1.165, 1.54) is 11.1 Å². The monoisotopic (exact) mass is 384 g/mol. The lowest BCUT2D eigenvalue weighted by Crippen LogP contribution is -1.95. The standard InChI is InChI=1S/C27H28O2/c1-3-5-21-6-11-23(12-7-21)24-13-15-25(16-14-24)27(28)19-10-22-8-17-26(18-9-22)29-20-4-2/h6-19H,3-5,20H2,1-2H3. The van der Waals surface area contributed by atoms with Crippen LogP contribution in [0, 0.1) is 0 Å². The van der Waals surface area contributed by atoms with Crippen molar-refractivity contribution in [1.29, 1.82) is 0 Å². The van der Waals surface area contributed by atoms with Gasteiger partial charge in [0.1, 0.15) is 5.75 Å². The van der Waals surface area contributed by atoms with Gasteiger partial charge in [0.05, 0.1) is 6.61 Å². The highest BCUT2D eigenvalue weighted by molar-refractivity contribution is 6.07. The van der Waals surface area contributed by atoms with Crippen LogP contribution in [0.3, 0.4) is 0 Å². The largest absolute Gasteiger partial charge is 0.494 e. The Kier molecular flexibility index (Phi) is 7.40. The van der Waals surface area contributed by atoms with E-state index in [9.17, 15) is 4.79 Å². The number of rotatable bonds is 9. The third kappa shape index (κ3) is 5.92. The molecule has 0 bridgehead atoms. The van der Waals surface area contributed by atoms with Gasteiger partial charge in [-0.05, 0) is 53.3 Å². The minimum atomic E-state index is 0.00107. The lowest BCUT2D eigenvalue weighted by Gasteiger charge is -2.05. The normalized spacial score (nSPS) is 11.0. The fraction of sp³-hybridized carbons (Fsp3) is 0.222. The Morgan fingerprint density at radius 1 is 0.793 bits per heavy atom. The lowest BCUT2D eigenvalue weighted by molar-refractivity contribution is 0.104. The van der Waals surface area contributed by atoms with Gasteiger partial charge in [-0.1, -0.05) is 87.0 Å². The van der Waals surface area contributed by atoms with Crippen molar-refractivity contribution >= 4 is 11.9 Å². The Balaban J connectivity index is 1.63. The molecule has 0 aromatic heterocycles. The van der Waals surface area contributed by atoms with E-state index in [0.717, 1.165) is 36.1 Å². The summed E-state index contributed by atoms with van der Waals surface area (Å²) >= 11 is 0. The third-order valence-corrected chi connectivity index (χ3v) is 4.78. The van der Waals surface area contributed by atoms with Gasteiger partial charge >= 0.3 is 0 Å². The second-order valence-electron chi connectivity index (χ2n) is 7.14. The molecule has 29 heavy (non-hydrogen) atoms. The molecule has 0 heterocycles. The number of benzene rings is 3. The predicted molar refractivity (Wildman–Crippen MR) is 121 cm³/mol. The molecule has 0 aliphatic carbocycles. The van der Waals surface area contributed by atoms with Crippen LogP contribution in [0.15, 0.2) is 78.9 Å². The van der Waals surface area contributed by atoms with Crippen LogP contribution in [0.5, 0.6) is 5.75 Å². The molecule has 0 atom stereocenters. The highest BCUT2D eigenvalue weighted by Crippen LogP contribution is 2.21. The van der Waals surface area contributed by atoms with E-state index in [2.05, 4.69) is 38.1 Å². The van der Waals surface area contributed by atoms with Crippen molar-refractivity contribution < 1.29 is 9.53 Å². The highest BCUT2D eigenvalue weighted by Gasteiger charge is 2.04. The maximum atomic E-state index is 12.5. The molecule has 3 aromatic carbocycles. The molecule has 0 N–H and O–H groups in total. The molecular weight excluding hydrogens is 356 g/mol. The second kappa shape index (κ2) is 10.4. The number of carbonyl (C=O) groups excluding carboxylic acids is 1. The summed E-state index contributed by atoms with van der Waals surface area (Å²) in [5.74, 6) is 0.856. The highest BCUT2D eigenvalue weighted by atomic mass is 16.5. The first-order valence-electron chi connectivity index (χ1n) is 10.3. The maximum Gasteiger partial charge on any atom is 0.185 e. The van der Waals surface area contributed by atoms with Gasteiger partial charge in [-0.2, -0.15) is 0 Å². The zero-order valence-corrected chi connectivity index (χ0v) is 17.2. The molecular formula is C27H28O2. The zero-order valence-electron chi connectivity index (χ0n) is 17.2.